The van der Waals surface area contributed by atoms with Gasteiger partial charge in [0.1, 0.15) is 5.82 Å². The molecule has 3 aromatic carbocycles. The maximum absolute atomic E-state index is 14.7. The molecular weight excluding hydrogens is 597 g/mol. The quantitative estimate of drug-likeness (QED) is 0.174. The van der Waals surface area contributed by atoms with Crippen LogP contribution in [-0.2, 0) is 15.3 Å². The summed E-state index contributed by atoms with van der Waals surface area (Å²) >= 11 is 0. The van der Waals surface area contributed by atoms with Gasteiger partial charge < -0.3 is 10.6 Å². The zero-order chi connectivity index (χ0) is 32.5. The smallest absolute Gasteiger partial charge is 0.317 e. The van der Waals surface area contributed by atoms with Crippen molar-refractivity contribution in [1.82, 2.24) is 20.1 Å². The number of anilines is 2. The highest BCUT2D eigenvalue weighted by Crippen LogP contribution is 2.43. The lowest BCUT2D eigenvalue weighted by Crippen LogP contribution is -2.34. The SMILES string of the molecule is Cc1ccc(-n2nc(C(C)(C)C)cc2NC(=O)Nc2ccccc2C(C2CCNCC2)S(=O)(=O)c2cccc3cnccc23)cc1. The first-order valence-corrected chi connectivity index (χ1v) is 17.2. The number of amides is 2. The van der Waals surface area contributed by atoms with Crippen molar-refractivity contribution in [1.29, 1.82) is 0 Å². The third-order valence-electron chi connectivity index (χ3n) is 8.61. The van der Waals surface area contributed by atoms with Crippen molar-refractivity contribution in [2.75, 3.05) is 23.7 Å². The number of aryl methyl sites for hydroxylation is 1. The van der Waals surface area contributed by atoms with Gasteiger partial charge in [-0.1, -0.05) is 68.8 Å². The molecule has 2 amide bonds. The number of fused-ring (bicyclic) bond motifs is 1. The van der Waals surface area contributed by atoms with Gasteiger partial charge in [-0.25, -0.2) is 17.9 Å². The Morgan fingerprint density at radius 3 is 2.43 bits per heavy atom. The molecule has 1 aliphatic heterocycles. The zero-order valence-corrected chi connectivity index (χ0v) is 27.4. The van der Waals surface area contributed by atoms with Crippen LogP contribution in [0.25, 0.3) is 16.5 Å². The number of sulfone groups is 1. The minimum Gasteiger partial charge on any atom is -0.317 e. The van der Waals surface area contributed by atoms with Crippen molar-refractivity contribution in [2.24, 2.45) is 5.92 Å². The summed E-state index contributed by atoms with van der Waals surface area (Å²) in [5, 5.41) is 14.7. The van der Waals surface area contributed by atoms with Gasteiger partial charge in [0.25, 0.3) is 0 Å². The van der Waals surface area contributed by atoms with E-state index in [2.05, 4.69) is 41.7 Å². The minimum atomic E-state index is -3.90. The van der Waals surface area contributed by atoms with Gasteiger partial charge in [0.05, 0.1) is 21.5 Å². The first kappa shape index (κ1) is 31.4. The van der Waals surface area contributed by atoms with Crippen LogP contribution in [0.3, 0.4) is 0 Å². The molecule has 238 valence electrons. The summed E-state index contributed by atoms with van der Waals surface area (Å²) in [5.74, 6) is 0.363. The molecule has 1 aliphatic rings. The van der Waals surface area contributed by atoms with Crippen molar-refractivity contribution in [3.63, 3.8) is 0 Å². The Labute approximate surface area is 270 Å². The molecule has 3 N–H and O–H groups in total. The molecule has 9 nitrogen and oxygen atoms in total. The van der Waals surface area contributed by atoms with Crippen LogP contribution in [0.4, 0.5) is 16.3 Å². The summed E-state index contributed by atoms with van der Waals surface area (Å²) in [6.45, 7) is 9.69. The van der Waals surface area contributed by atoms with Gasteiger partial charge >= 0.3 is 6.03 Å². The highest BCUT2D eigenvalue weighted by molar-refractivity contribution is 7.92. The van der Waals surface area contributed by atoms with E-state index in [1.807, 2.05) is 61.5 Å². The van der Waals surface area contributed by atoms with Crippen molar-refractivity contribution in [3.8, 4) is 5.69 Å². The number of hydrogen-bond donors (Lipinski definition) is 3. The third kappa shape index (κ3) is 6.41. The van der Waals surface area contributed by atoms with Crippen LogP contribution in [0.1, 0.15) is 55.7 Å². The molecule has 0 radical (unpaired) electrons. The van der Waals surface area contributed by atoms with E-state index in [-0.39, 0.29) is 16.2 Å². The Bertz CT molecular complexity index is 1970. The third-order valence-corrected chi connectivity index (χ3v) is 10.9. The number of para-hydroxylation sites is 1. The van der Waals surface area contributed by atoms with E-state index in [4.69, 9.17) is 5.10 Å². The van der Waals surface area contributed by atoms with Crippen molar-refractivity contribution in [2.45, 2.75) is 56.1 Å². The standard InChI is InChI=1S/C36H40N6O3S/c1-24-12-14-27(15-13-24)42-33(22-32(41-42)36(2,3)4)40-35(43)39-30-10-6-5-9-29(30)34(25-16-19-37-20-17-25)46(44,45)31-11-7-8-26-23-38-21-18-28(26)31/h5-15,18,21-23,25,34,37H,16-17,19-20H2,1-4H3,(H2,39,40,43). The van der Waals surface area contributed by atoms with Gasteiger partial charge in [-0.2, -0.15) is 5.10 Å². The van der Waals surface area contributed by atoms with Crippen LogP contribution < -0.4 is 16.0 Å². The zero-order valence-electron chi connectivity index (χ0n) is 26.6. The highest BCUT2D eigenvalue weighted by atomic mass is 32.2. The van der Waals surface area contributed by atoms with E-state index in [0.29, 0.717) is 35.3 Å². The molecule has 1 saturated heterocycles. The van der Waals surface area contributed by atoms with Crippen molar-refractivity contribution in [3.05, 3.63) is 108 Å². The van der Waals surface area contributed by atoms with Gasteiger partial charge in [-0.3, -0.25) is 10.3 Å². The number of hydrogen-bond acceptors (Lipinski definition) is 6. The van der Waals surface area contributed by atoms with E-state index >= 15 is 0 Å². The van der Waals surface area contributed by atoms with E-state index < -0.39 is 21.1 Å². The lowest BCUT2D eigenvalue weighted by Gasteiger charge is -2.32. The Morgan fingerprint density at radius 2 is 1.70 bits per heavy atom. The normalized spacial score (nSPS) is 15.0. The van der Waals surface area contributed by atoms with Gasteiger partial charge in [0.2, 0.25) is 0 Å². The van der Waals surface area contributed by atoms with Crippen molar-refractivity contribution >= 4 is 38.1 Å². The van der Waals surface area contributed by atoms with Crippen molar-refractivity contribution < 1.29 is 13.2 Å². The molecule has 3 heterocycles. The summed E-state index contributed by atoms with van der Waals surface area (Å²) in [4.78, 5) is 18.2. The Balaban J connectivity index is 1.37. The van der Waals surface area contributed by atoms with Crippen LogP contribution in [0, 0.1) is 12.8 Å². The molecule has 5 aromatic rings. The van der Waals surface area contributed by atoms with Crippen LogP contribution in [-0.4, -0.2) is 42.3 Å². The Kier molecular flexibility index (Phi) is 8.67. The lowest BCUT2D eigenvalue weighted by molar-refractivity contribution is 0.262. The number of nitrogens with one attached hydrogen (secondary N) is 3. The number of nitrogens with zero attached hydrogens (tertiary/aromatic N) is 3. The number of aromatic nitrogens is 3. The van der Waals surface area contributed by atoms with Gasteiger partial charge in [0, 0.05) is 40.3 Å². The topological polar surface area (TPSA) is 118 Å². The highest BCUT2D eigenvalue weighted by Gasteiger charge is 2.39. The summed E-state index contributed by atoms with van der Waals surface area (Å²) in [7, 11) is -3.90. The molecule has 1 unspecified atom stereocenters. The lowest BCUT2D eigenvalue weighted by atomic mass is 9.89. The molecule has 0 saturated carbocycles. The monoisotopic (exact) mass is 636 g/mol. The number of piperidine rings is 1. The minimum absolute atomic E-state index is 0.147. The fourth-order valence-corrected chi connectivity index (χ4v) is 8.50. The first-order valence-electron chi connectivity index (χ1n) is 15.6. The Morgan fingerprint density at radius 1 is 0.957 bits per heavy atom. The molecule has 1 fully saturated rings. The molecule has 1 atom stereocenters. The number of pyridine rings is 1. The van der Waals surface area contributed by atoms with E-state index in [1.165, 1.54) is 0 Å². The summed E-state index contributed by atoms with van der Waals surface area (Å²) < 4.78 is 31.2. The fourth-order valence-electron chi connectivity index (χ4n) is 6.15. The average molecular weight is 637 g/mol. The fraction of sp³-hybridized carbons (Fsp3) is 0.306. The summed E-state index contributed by atoms with van der Waals surface area (Å²) in [6.07, 6.45) is 4.69. The number of benzene rings is 3. The molecule has 46 heavy (non-hydrogen) atoms. The predicted octanol–water partition coefficient (Wildman–Crippen LogP) is 7.19. The molecule has 6 rings (SSSR count). The van der Waals surface area contributed by atoms with E-state index in [0.717, 1.165) is 35.4 Å². The van der Waals surface area contributed by atoms with Crippen LogP contribution >= 0.6 is 0 Å². The predicted molar refractivity (Wildman–Crippen MR) is 183 cm³/mol. The van der Waals surface area contributed by atoms with Gasteiger partial charge in [-0.05, 0) is 74.7 Å². The van der Waals surface area contributed by atoms with Crippen LogP contribution in [0.2, 0.25) is 0 Å². The number of rotatable bonds is 7. The average Bonchev–Trinajstić information content (AvgIpc) is 3.47. The number of urea groups is 1. The summed E-state index contributed by atoms with van der Waals surface area (Å²) in [5.41, 5.74) is 3.54. The number of carbonyl (C=O) groups excluding carboxylic acids is 1. The van der Waals surface area contributed by atoms with E-state index in [1.54, 1.807) is 41.3 Å². The van der Waals surface area contributed by atoms with Gasteiger partial charge in [0.15, 0.2) is 9.84 Å². The van der Waals surface area contributed by atoms with Crippen LogP contribution in [0.15, 0.2) is 96.2 Å². The first-order chi connectivity index (χ1) is 22.0. The second-order valence-corrected chi connectivity index (χ2v) is 15.0. The van der Waals surface area contributed by atoms with Crippen LogP contribution in [0.5, 0.6) is 0 Å². The maximum atomic E-state index is 14.7. The molecule has 10 heteroatoms. The second-order valence-electron chi connectivity index (χ2n) is 13.0. The van der Waals surface area contributed by atoms with Gasteiger partial charge in [-0.15, -0.1) is 0 Å². The van der Waals surface area contributed by atoms with E-state index in [9.17, 15) is 13.2 Å². The molecule has 0 aliphatic carbocycles. The summed E-state index contributed by atoms with van der Waals surface area (Å²) in [6, 6.07) is 23.6. The second kappa shape index (κ2) is 12.7. The maximum Gasteiger partial charge on any atom is 0.324 e. The molecule has 2 aromatic heterocycles. The largest absolute Gasteiger partial charge is 0.324 e. The number of carbonyl (C=O) groups is 1. The molecule has 0 spiro atoms. The Hall–Kier alpha value is -4.54. The molecule has 0 bridgehead atoms. The molecular formula is C36H40N6O3S.